The summed E-state index contributed by atoms with van der Waals surface area (Å²) < 4.78 is 81.5. The van der Waals surface area contributed by atoms with Gasteiger partial charge in [0.1, 0.15) is 20.2 Å². The van der Waals surface area contributed by atoms with Crippen LogP contribution in [0.25, 0.3) is 89.7 Å². The maximum atomic E-state index is 12.1. The van der Waals surface area contributed by atoms with Crippen LogP contribution in [0.1, 0.15) is 0 Å². The Morgan fingerprint density at radius 2 is 0.836 bits per heavy atom. The monoisotopic (exact) mass is 978 g/mol. The maximum absolute atomic E-state index is 12.1. The van der Waals surface area contributed by atoms with Gasteiger partial charge in [-0.05, 0) is 70.1 Å². The van der Waals surface area contributed by atoms with Gasteiger partial charge in [-0.2, -0.15) is 8.67 Å². The van der Waals surface area contributed by atoms with Gasteiger partial charge in [-0.1, -0.05) is 24.3 Å². The van der Waals surface area contributed by atoms with Gasteiger partial charge in [0.15, 0.2) is 0 Å². The molecule has 3 aromatic heterocycles. The fourth-order valence-electron chi connectivity index (χ4n) is 6.10. The van der Waals surface area contributed by atoms with Gasteiger partial charge in [0, 0.05) is 54.6 Å². The van der Waals surface area contributed by atoms with Gasteiger partial charge in [0.25, 0.3) is 0 Å². The Hall–Kier alpha value is -0.986. The molecule has 290 valence electrons. The molecule has 0 unspecified atom stereocenters. The molecule has 29 heteroatoms. The molecule has 61 heavy (non-hydrogen) atoms. The van der Waals surface area contributed by atoms with Crippen LogP contribution in [0.2, 0.25) is 0 Å². The van der Waals surface area contributed by atoms with Gasteiger partial charge in [-0.25, -0.2) is 26.8 Å². The van der Waals surface area contributed by atoms with Crippen LogP contribution in [0.3, 0.4) is 0 Å². The topological polar surface area (TPSA) is 303 Å². The van der Waals surface area contributed by atoms with E-state index >= 15 is 0 Å². The molecule has 7 aromatic rings. The molecule has 0 N–H and O–H groups in total. The summed E-state index contributed by atoms with van der Waals surface area (Å²) in [6.07, 6.45) is 0. The van der Waals surface area contributed by atoms with Crippen LogP contribution in [-0.2, 0) is 55.5 Å². The quantitative estimate of drug-likeness (QED) is 0.0449. The Morgan fingerprint density at radius 3 is 1.34 bits per heavy atom. The molecule has 5 heterocycles. The predicted octanol–water partition coefficient (Wildman–Crippen LogP) is -9.59. The first-order chi connectivity index (χ1) is 26.9. The fourth-order valence-corrected chi connectivity index (χ4v) is 7.89. The number of benzene rings is 4. The molecule has 0 atom stereocenters. The van der Waals surface area contributed by atoms with E-state index in [1.807, 2.05) is 0 Å². The molecular weight excluding hydrogens is 967 g/mol. The van der Waals surface area contributed by atoms with E-state index in [1.165, 1.54) is 12.1 Å². The van der Waals surface area contributed by atoms with Crippen molar-refractivity contribution in [2.75, 3.05) is 0 Å². The SMILES string of the molecule is O=S(=O)([O-])c1ccc2c(c1)-c1nc-2nc2[n-]c(nc3nc(nc4[n-]c(n1)c1ccc(SOO[O-])cc41)-c1cc(SOO[O-])ccc1-3)c1ccc(S(=O)(=O)[O-])cc21.[Na+].[Na+].[Na+].[Na+].[Ni+2]. The third kappa shape index (κ3) is 10.5. The van der Waals surface area contributed by atoms with Crippen molar-refractivity contribution in [3.63, 3.8) is 0 Å². The first-order valence-corrected chi connectivity index (χ1v) is 19.6. The van der Waals surface area contributed by atoms with Crippen molar-refractivity contribution >= 4 is 88.5 Å². The third-order valence-electron chi connectivity index (χ3n) is 8.48. The van der Waals surface area contributed by atoms with Gasteiger partial charge >= 0.3 is 135 Å². The van der Waals surface area contributed by atoms with Crippen LogP contribution in [0.15, 0.2) is 92.4 Å². The standard InChI is InChI=1S/C32H16N8O12S4.4Na.Ni/c41-49-51-53-13-1-5-17-21(9-13)29-34-25(17)33-27-19-7-3-15(55(43,44)45)11-23(19)32(37-27)39-28-20-8-4-16(56(46,47)48)12-24(20)31(38-28)36-26-18-6-2-14(54-52-50-42)10-22(18)30(35-26)40-29;;;;;/h1-12H,(H4-2,33,34,35,36,37,38,39,40,41,42,43,44,45,46,47,48);;;;;/q-2;4*+1;+2/p-4. The first kappa shape index (κ1) is 52.6. The van der Waals surface area contributed by atoms with Crippen LogP contribution in [0.5, 0.6) is 0 Å². The Morgan fingerprint density at radius 1 is 0.459 bits per heavy atom. The van der Waals surface area contributed by atoms with E-state index in [0.717, 1.165) is 24.3 Å². The summed E-state index contributed by atoms with van der Waals surface area (Å²) >= 11 is 1.23. The molecule has 20 nitrogen and oxygen atoms in total. The van der Waals surface area contributed by atoms with E-state index < -0.39 is 30.0 Å². The van der Waals surface area contributed by atoms with Gasteiger partial charge in [-0.3, -0.25) is 10.1 Å². The van der Waals surface area contributed by atoms with Gasteiger partial charge in [-0.15, -0.1) is 0 Å². The van der Waals surface area contributed by atoms with E-state index in [4.69, 9.17) is 9.97 Å². The molecular formula is C32H12N8Na4NiO12S4. The molecule has 0 amide bonds. The average Bonchev–Trinajstić information content (AvgIpc) is 3.90. The Bertz CT molecular complexity index is 3240. The zero-order valence-corrected chi connectivity index (χ0v) is 43.6. The summed E-state index contributed by atoms with van der Waals surface area (Å²) in [5.74, 6) is -0.0126. The zero-order valence-electron chi connectivity index (χ0n) is 31.4. The van der Waals surface area contributed by atoms with Gasteiger partial charge in [0.2, 0.25) is 0 Å². The molecule has 8 bridgehead atoms. The first-order valence-electron chi connectivity index (χ1n) is 15.3. The molecule has 2 aliphatic heterocycles. The normalized spacial score (nSPS) is 11.6. The van der Waals surface area contributed by atoms with E-state index in [2.05, 4.69) is 48.6 Å². The summed E-state index contributed by atoms with van der Waals surface area (Å²) in [5, 5.41) is 29.3. The Labute approximate surface area is 449 Å². The zero-order chi connectivity index (χ0) is 38.9. The number of hydrogen-bond donors (Lipinski definition) is 0. The maximum Gasteiger partial charge on any atom is 2.00 e. The summed E-state index contributed by atoms with van der Waals surface area (Å²) in [6.45, 7) is 0. The van der Waals surface area contributed by atoms with E-state index in [9.17, 15) is 36.5 Å². The second-order valence-corrected chi connectivity index (χ2v) is 16.0. The predicted molar refractivity (Wildman–Crippen MR) is 186 cm³/mol. The Kier molecular flexibility index (Phi) is 18.2. The molecule has 0 saturated heterocycles. The van der Waals surface area contributed by atoms with Crippen LogP contribution in [0, 0.1) is 0 Å². The van der Waals surface area contributed by atoms with Crippen LogP contribution >= 0.6 is 24.1 Å². The molecule has 9 rings (SSSR count). The minimum absolute atomic E-state index is 0. The summed E-state index contributed by atoms with van der Waals surface area (Å²) in [5.41, 5.74) is 1.14. The molecule has 0 saturated carbocycles. The summed E-state index contributed by atoms with van der Waals surface area (Å²) in [4.78, 5) is 36.9. The fraction of sp³-hybridized carbons (Fsp3) is 0. The van der Waals surface area contributed by atoms with Crippen molar-refractivity contribution in [3.05, 3.63) is 72.8 Å². The minimum Gasteiger partial charge on any atom is -0.744 e. The third-order valence-corrected chi connectivity index (χ3v) is 11.3. The van der Waals surface area contributed by atoms with Crippen LogP contribution in [0.4, 0.5) is 0 Å². The Balaban J connectivity index is 0.00000164. The van der Waals surface area contributed by atoms with Crippen molar-refractivity contribution in [3.8, 4) is 45.6 Å². The van der Waals surface area contributed by atoms with E-state index in [1.54, 1.807) is 36.4 Å². The molecule has 0 spiro atoms. The van der Waals surface area contributed by atoms with Crippen LogP contribution in [-0.4, -0.2) is 55.8 Å². The van der Waals surface area contributed by atoms with Crippen molar-refractivity contribution in [1.82, 2.24) is 39.9 Å². The van der Waals surface area contributed by atoms with Crippen molar-refractivity contribution in [1.29, 1.82) is 0 Å². The van der Waals surface area contributed by atoms with Gasteiger partial charge < -0.3 is 49.5 Å². The molecule has 0 fully saturated rings. The number of rotatable bonds is 8. The molecule has 0 aliphatic carbocycles. The molecule has 4 aromatic carbocycles. The minimum atomic E-state index is -4.95. The number of aromatic nitrogens is 8. The average molecular weight is 979 g/mol. The van der Waals surface area contributed by atoms with Crippen molar-refractivity contribution in [2.24, 2.45) is 0 Å². The molecule has 0 radical (unpaired) electrons. The second kappa shape index (κ2) is 21.1. The summed E-state index contributed by atoms with van der Waals surface area (Å²) in [7, 11) is -9.88. The number of hydrogen-bond acceptors (Lipinski definition) is 20. The second-order valence-electron chi connectivity index (χ2n) is 11.7. The van der Waals surface area contributed by atoms with E-state index in [0.29, 0.717) is 55.8 Å². The largest absolute Gasteiger partial charge is 2.00 e. The number of nitrogens with zero attached hydrogens (tertiary/aromatic N) is 8. The molecule has 2 aliphatic rings. The van der Waals surface area contributed by atoms with Crippen molar-refractivity contribution < 1.29 is 190 Å². The summed E-state index contributed by atoms with van der Waals surface area (Å²) in [6, 6.07) is 16.6. The van der Waals surface area contributed by atoms with Crippen LogP contribution < -0.4 is 139 Å². The van der Waals surface area contributed by atoms with Gasteiger partial charge in [0.05, 0.1) is 57.2 Å². The smallest absolute Gasteiger partial charge is 0.744 e. The van der Waals surface area contributed by atoms with Crippen molar-refractivity contribution in [2.45, 2.75) is 19.6 Å². The number of fused-ring (bicyclic) bond motifs is 20. The van der Waals surface area contributed by atoms with E-state index in [-0.39, 0.29) is 203 Å².